The number of hydrogen-bond acceptors (Lipinski definition) is 2. The summed E-state index contributed by atoms with van der Waals surface area (Å²) in [5, 5.41) is 4.48. The third-order valence-corrected chi connectivity index (χ3v) is 4.09. The molecule has 2 atom stereocenters. The lowest BCUT2D eigenvalue weighted by atomic mass is 9.92. The fourth-order valence-corrected chi connectivity index (χ4v) is 3.03. The van der Waals surface area contributed by atoms with Crippen molar-refractivity contribution in [3.8, 4) is 0 Å². The average molecular weight is 276 g/mol. The van der Waals surface area contributed by atoms with Crippen LogP contribution in [0.25, 0.3) is 0 Å². The Morgan fingerprint density at radius 1 is 1.37 bits per heavy atom. The summed E-state index contributed by atoms with van der Waals surface area (Å²) >= 11 is 6.05. The Morgan fingerprint density at radius 2 is 2.26 bits per heavy atom. The lowest BCUT2D eigenvalue weighted by Crippen LogP contribution is -2.27. The molecule has 0 spiro atoms. The van der Waals surface area contributed by atoms with Crippen LogP contribution in [0.2, 0.25) is 5.02 Å². The second-order valence-electron chi connectivity index (χ2n) is 5.19. The average Bonchev–Trinajstić information content (AvgIpc) is 2.88. The Balaban J connectivity index is 1.76. The Bertz CT molecular complexity index is 563. The van der Waals surface area contributed by atoms with E-state index in [-0.39, 0.29) is 6.04 Å². The quantitative estimate of drug-likeness (QED) is 0.881. The maximum Gasteiger partial charge on any atom is 0.108 e. The number of fused-ring (bicyclic) bond motifs is 1. The molecule has 2 nitrogen and oxygen atoms in total. The van der Waals surface area contributed by atoms with E-state index in [2.05, 4.69) is 24.4 Å². The summed E-state index contributed by atoms with van der Waals surface area (Å²) in [6, 6.07) is 10.8. The second-order valence-corrected chi connectivity index (χ2v) is 5.62. The maximum absolute atomic E-state index is 6.05. The fraction of sp³-hybridized carbons (Fsp3) is 0.375. The third-order valence-electron chi connectivity index (χ3n) is 3.85. The minimum absolute atomic E-state index is 0.282. The Morgan fingerprint density at radius 3 is 3.11 bits per heavy atom. The van der Waals surface area contributed by atoms with Gasteiger partial charge in [0.25, 0.3) is 0 Å². The van der Waals surface area contributed by atoms with Crippen LogP contribution in [0, 0.1) is 0 Å². The standard InChI is InChI=1S/C16H18ClNO/c1-11(12-4-2-5-13(17)10-12)18-15-6-3-7-16-14(15)8-9-19-16/h2,4-5,8-11,15,18H,3,6-7H2,1H3/t11-,15?/m1/s1. The molecule has 1 aromatic heterocycles. The van der Waals surface area contributed by atoms with Crippen molar-refractivity contribution in [3.05, 3.63) is 58.5 Å². The van der Waals surface area contributed by atoms with E-state index in [0.29, 0.717) is 6.04 Å². The maximum atomic E-state index is 6.05. The van der Waals surface area contributed by atoms with Gasteiger partial charge in [0.05, 0.1) is 6.26 Å². The van der Waals surface area contributed by atoms with E-state index >= 15 is 0 Å². The number of rotatable bonds is 3. The third kappa shape index (κ3) is 2.70. The van der Waals surface area contributed by atoms with Crippen molar-refractivity contribution in [2.75, 3.05) is 0 Å². The molecular formula is C16H18ClNO. The van der Waals surface area contributed by atoms with Gasteiger partial charge in [-0.25, -0.2) is 0 Å². The zero-order chi connectivity index (χ0) is 13.2. The van der Waals surface area contributed by atoms with Gasteiger partial charge < -0.3 is 9.73 Å². The van der Waals surface area contributed by atoms with E-state index < -0.39 is 0 Å². The molecule has 1 heterocycles. The molecule has 3 rings (SSSR count). The van der Waals surface area contributed by atoms with Crippen LogP contribution in [0.5, 0.6) is 0 Å². The van der Waals surface area contributed by atoms with Gasteiger partial charge in [-0.1, -0.05) is 23.7 Å². The van der Waals surface area contributed by atoms with Gasteiger partial charge in [-0.2, -0.15) is 0 Å². The Hall–Kier alpha value is -1.25. The molecule has 0 radical (unpaired) electrons. The molecule has 19 heavy (non-hydrogen) atoms. The van der Waals surface area contributed by atoms with Crippen molar-refractivity contribution in [1.82, 2.24) is 5.32 Å². The number of benzene rings is 1. The van der Waals surface area contributed by atoms with Gasteiger partial charge in [0, 0.05) is 29.1 Å². The highest BCUT2D eigenvalue weighted by atomic mass is 35.5. The van der Waals surface area contributed by atoms with Crippen LogP contribution in [-0.2, 0) is 6.42 Å². The van der Waals surface area contributed by atoms with Gasteiger partial charge in [0.15, 0.2) is 0 Å². The topological polar surface area (TPSA) is 25.2 Å². The first-order valence-electron chi connectivity index (χ1n) is 6.82. The fourth-order valence-electron chi connectivity index (χ4n) is 2.83. The minimum atomic E-state index is 0.282. The van der Waals surface area contributed by atoms with Gasteiger partial charge in [0.1, 0.15) is 5.76 Å². The number of nitrogens with one attached hydrogen (secondary N) is 1. The predicted octanol–water partition coefficient (Wildman–Crippen LogP) is 4.66. The van der Waals surface area contributed by atoms with Crippen LogP contribution in [0.1, 0.15) is 48.7 Å². The summed E-state index contributed by atoms with van der Waals surface area (Å²) in [5.74, 6) is 1.14. The molecule has 0 fully saturated rings. The lowest BCUT2D eigenvalue weighted by molar-refractivity contribution is 0.386. The first kappa shape index (κ1) is 12.8. The molecule has 3 heteroatoms. The van der Waals surface area contributed by atoms with E-state index in [1.54, 1.807) is 6.26 Å². The lowest BCUT2D eigenvalue weighted by Gasteiger charge is -2.26. The number of halogens is 1. The van der Waals surface area contributed by atoms with Gasteiger partial charge in [-0.15, -0.1) is 0 Å². The molecule has 0 bridgehead atoms. The van der Waals surface area contributed by atoms with Crippen molar-refractivity contribution in [2.45, 2.75) is 38.3 Å². The first-order valence-corrected chi connectivity index (χ1v) is 7.19. The predicted molar refractivity (Wildman–Crippen MR) is 77.4 cm³/mol. The summed E-state index contributed by atoms with van der Waals surface area (Å²) in [7, 11) is 0. The molecule has 0 amide bonds. The summed E-state index contributed by atoms with van der Waals surface area (Å²) in [4.78, 5) is 0. The highest BCUT2D eigenvalue weighted by molar-refractivity contribution is 6.30. The molecule has 100 valence electrons. The molecular weight excluding hydrogens is 258 g/mol. The molecule has 1 aliphatic carbocycles. The molecule has 0 aliphatic heterocycles. The van der Waals surface area contributed by atoms with Gasteiger partial charge in [0.2, 0.25) is 0 Å². The van der Waals surface area contributed by atoms with Crippen LogP contribution in [0.15, 0.2) is 41.0 Å². The van der Waals surface area contributed by atoms with Crippen LogP contribution >= 0.6 is 11.6 Å². The normalized spacial score (nSPS) is 20.0. The van der Waals surface area contributed by atoms with E-state index in [0.717, 1.165) is 23.6 Å². The van der Waals surface area contributed by atoms with Crippen molar-refractivity contribution < 1.29 is 4.42 Å². The zero-order valence-electron chi connectivity index (χ0n) is 11.0. The van der Waals surface area contributed by atoms with Gasteiger partial charge in [-0.3, -0.25) is 0 Å². The van der Waals surface area contributed by atoms with Crippen LogP contribution in [-0.4, -0.2) is 0 Å². The van der Waals surface area contributed by atoms with E-state index in [9.17, 15) is 0 Å². The SMILES string of the molecule is C[C@@H](NC1CCCc2occc21)c1cccc(Cl)c1. The van der Waals surface area contributed by atoms with E-state index in [4.69, 9.17) is 16.0 Å². The molecule has 1 unspecified atom stereocenters. The number of aryl methyl sites for hydroxylation is 1. The molecule has 2 aromatic rings. The van der Waals surface area contributed by atoms with Crippen molar-refractivity contribution in [1.29, 1.82) is 0 Å². The van der Waals surface area contributed by atoms with Crippen LogP contribution in [0.4, 0.5) is 0 Å². The van der Waals surface area contributed by atoms with Crippen molar-refractivity contribution >= 4 is 11.6 Å². The highest BCUT2D eigenvalue weighted by Crippen LogP contribution is 2.32. The van der Waals surface area contributed by atoms with E-state index in [1.807, 2.05) is 18.2 Å². The monoisotopic (exact) mass is 275 g/mol. The van der Waals surface area contributed by atoms with Gasteiger partial charge in [-0.05, 0) is 43.5 Å². The van der Waals surface area contributed by atoms with E-state index in [1.165, 1.54) is 17.5 Å². The molecule has 1 N–H and O–H groups in total. The van der Waals surface area contributed by atoms with Crippen LogP contribution < -0.4 is 5.32 Å². The first-order chi connectivity index (χ1) is 9.24. The minimum Gasteiger partial charge on any atom is -0.469 e. The summed E-state index contributed by atoms with van der Waals surface area (Å²) < 4.78 is 5.53. The van der Waals surface area contributed by atoms with Gasteiger partial charge >= 0.3 is 0 Å². The highest BCUT2D eigenvalue weighted by Gasteiger charge is 2.23. The molecule has 1 aliphatic rings. The second kappa shape index (κ2) is 5.40. The van der Waals surface area contributed by atoms with Crippen LogP contribution in [0.3, 0.4) is 0 Å². The summed E-state index contributed by atoms with van der Waals surface area (Å²) in [5.41, 5.74) is 2.54. The zero-order valence-corrected chi connectivity index (χ0v) is 11.8. The van der Waals surface area contributed by atoms with Crippen molar-refractivity contribution in [3.63, 3.8) is 0 Å². The molecule has 1 aromatic carbocycles. The van der Waals surface area contributed by atoms with Crippen molar-refractivity contribution in [2.24, 2.45) is 0 Å². The summed E-state index contributed by atoms with van der Waals surface area (Å²) in [6.45, 7) is 2.18. The number of furan rings is 1. The Kier molecular flexibility index (Phi) is 3.63. The Labute approximate surface area is 118 Å². The molecule has 0 saturated carbocycles. The summed E-state index contributed by atoms with van der Waals surface area (Å²) in [6.07, 6.45) is 5.21. The smallest absolute Gasteiger partial charge is 0.108 e. The largest absolute Gasteiger partial charge is 0.469 e. The molecule has 0 saturated heterocycles. The number of hydrogen-bond donors (Lipinski definition) is 1.